The highest BCUT2D eigenvalue weighted by atomic mass is 16.5. The van der Waals surface area contributed by atoms with Crippen LogP contribution in [0.5, 0.6) is 11.5 Å². The molecule has 0 atom stereocenters. The average Bonchev–Trinajstić information content (AvgIpc) is 2.27. The van der Waals surface area contributed by atoms with Crippen LogP contribution in [-0.2, 0) is 6.42 Å². The van der Waals surface area contributed by atoms with Gasteiger partial charge in [-0.05, 0) is 37.0 Å². The highest BCUT2D eigenvalue weighted by Gasteiger charge is 2.07. The lowest BCUT2D eigenvalue weighted by atomic mass is 10.0. The van der Waals surface area contributed by atoms with E-state index in [-0.39, 0.29) is 6.61 Å². The van der Waals surface area contributed by atoms with Gasteiger partial charge in [0.15, 0.2) is 0 Å². The van der Waals surface area contributed by atoms with Crippen LogP contribution in [0, 0.1) is 6.92 Å². The van der Waals surface area contributed by atoms with E-state index < -0.39 is 0 Å². The summed E-state index contributed by atoms with van der Waals surface area (Å²) in [5.74, 6) is 1.63. The lowest BCUT2D eigenvalue weighted by Gasteiger charge is -2.12. The van der Waals surface area contributed by atoms with Crippen LogP contribution in [0.3, 0.4) is 0 Å². The Morgan fingerprint density at radius 2 is 1.93 bits per heavy atom. The number of rotatable bonds is 5. The van der Waals surface area contributed by atoms with Gasteiger partial charge in [-0.1, -0.05) is 0 Å². The third-order valence-electron chi connectivity index (χ3n) is 2.50. The van der Waals surface area contributed by atoms with Gasteiger partial charge < -0.3 is 14.6 Å². The van der Waals surface area contributed by atoms with E-state index in [0.29, 0.717) is 0 Å². The zero-order valence-electron chi connectivity index (χ0n) is 9.54. The first kappa shape index (κ1) is 11.9. The Labute approximate surface area is 90.6 Å². The number of benzene rings is 1. The van der Waals surface area contributed by atoms with Crippen molar-refractivity contribution < 1.29 is 14.6 Å². The summed E-state index contributed by atoms with van der Waals surface area (Å²) in [5.41, 5.74) is 2.28. The summed E-state index contributed by atoms with van der Waals surface area (Å²) in [4.78, 5) is 0. The van der Waals surface area contributed by atoms with Crippen LogP contribution < -0.4 is 9.47 Å². The molecule has 1 N–H and O–H groups in total. The number of methoxy groups -OCH3 is 2. The van der Waals surface area contributed by atoms with E-state index in [1.165, 1.54) is 5.56 Å². The molecule has 0 spiro atoms. The van der Waals surface area contributed by atoms with Gasteiger partial charge >= 0.3 is 0 Å². The number of hydrogen-bond donors (Lipinski definition) is 1. The van der Waals surface area contributed by atoms with Crippen LogP contribution in [0.4, 0.5) is 0 Å². The van der Waals surface area contributed by atoms with E-state index in [2.05, 4.69) is 0 Å². The summed E-state index contributed by atoms with van der Waals surface area (Å²) >= 11 is 0. The zero-order valence-corrected chi connectivity index (χ0v) is 9.54. The largest absolute Gasteiger partial charge is 0.497 e. The highest BCUT2D eigenvalue weighted by molar-refractivity contribution is 5.45. The van der Waals surface area contributed by atoms with Crippen molar-refractivity contribution in [3.63, 3.8) is 0 Å². The van der Waals surface area contributed by atoms with Gasteiger partial charge in [-0.25, -0.2) is 0 Å². The second kappa shape index (κ2) is 5.61. The van der Waals surface area contributed by atoms with E-state index in [1.807, 2.05) is 19.1 Å². The molecule has 0 bridgehead atoms. The summed E-state index contributed by atoms with van der Waals surface area (Å²) in [6, 6.07) is 3.87. The number of aliphatic hydroxyl groups excluding tert-OH is 1. The van der Waals surface area contributed by atoms with Crippen LogP contribution in [0.1, 0.15) is 17.5 Å². The molecule has 0 heterocycles. The molecule has 3 heteroatoms. The third-order valence-corrected chi connectivity index (χ3v) is 2.50. The molecule has 0 unspecified atom stereocenters. The van der Waals surface area contributed by atoms with E-state index in [9.17, 15) is 0 Å². The molecule has 3 nitrogen and oxygen atoms in total. The smallest absolute Gasteiger partial charge is 0.125 e. The third kappa shape index (κ3) is 2.86. The van der Waals surface area contributed by atoms with Crippen molar-refractivity contribution in [1.82, 2.24) is 0 Å². The summed E-state index contributed by atoms with van der Waals surface area (Å²) in [6.45, 7) is 2.23. The molecule has 0 radical (unpaired) electrons. The van der Waals surface area contributed by atoms with Crippen molar-refractivity contribution in [2.24, 2.45) is 0 Å². The van der Waals surface area contributed by atoms with Gasteiger partial charge in [0, 0.05) is 12.7 Å². The van der Waals surface area contributed by atoms with Crippen molar-refractivity contribution in [2.45, 2.75) is 19.8 Å². The average molecular weight is 210 g/mol. The van der Waals surface area contributed by atoms with Crippen molar-refractivity contribution in [3.8, 4) is 11.5 Å². The van der Waals surface area contributed by atoms with Gasteiger partial charge in [0.05, 0.1) is 14.2 Å². The maximum atomic E-state index is 8.81. The van der Waals surface area contributed by atoms with Crippen LogP contribution in [0.25, 0.3) is 0 Å². The molecule has 0 aliphatic rings. The summed E-state index contributed by atoms with van der Waals surface area (Å²) in [6.07, 6.45) is 1.60. The number of ether oxygens (including phenoxy) is 2. The Hall–Kier alpha value is -1.22. The standard InChI is InChI=1S/C12H18O3/c1-9-10(5-4-6-13)7-11(14-2)8-12(9)15-3/h7-8,13H,4-6H2,1-3H3. The molecule has 1 aromatic carbocycles. The first-order valence-corrected chi connectivity index (χ1v) is 5.05. The summed E-state index contributed by atoms with van der Waals surface area (Å²) in [5, 5.41) is 8.81. The van der Waals surface area contributed by atoms with Gasteiger partial charge in [-0.15, -0.1) is 0 Å². The van der Waals surface area contributed by atoms with Gasteiger partial charge in [-0.3, -0.25) is 0 Å². The summed E-state index contributed by atoms with van der Waals surface area (Å²) < 4.78 is 10.5. The number of aryl methyl sites for hydroxylation is 1. The van der Waals surface area contributed by atoms with Crippen molar-refractivity contribution >= 4 is 0 Å². The second-order valence-electron chi connectivity index (χ2n) is 3.44. The van der Waals surface area contributed by atoms with E-state index in [1.54, 1.807) is 14.2 Å². The van der Waals surface area contributed by atoms with Crippen molar-refractivity contribution in [1.29, 1.82) is 0 Å². The topological polar surface area (TPSA) is 38.7 Å². The molecular formula is C12H18O3. The fourth-order valence-corrected chi connectivity index (χ4v) is 1.58. The molecule has 15 heavy (non-hydrogen) atoms. The van der Waals surface area contributed by atoms with Crippen LogP contribution in [-0.4, -0.2) is 25.9 Å². The lowest BCUT2D eigenvalue weighted by Crippen LogP contribution is -1.97. The van der Waals surface area contributed by atoms with E-state index in [4.69, 9.17) is 14.6 Å². The maximum absolute atomic E-state index is 8.81. The van der Waals surface area contributed by atoms with Crippen molar-refractivity contribution in [3.05, 3.63) is 23.3 Å². The Kier molecular flexibility index (Phi) is 4.43. The first-order valence-electron chi connectivity index (χ1n) is 5.05. The maximum Gasteiger partial charge on any atom is 0.125 e. The Morgan fingerprint density at radius 1 is 1.20 bits per heavy atom. The minimum absolute atomic E-state index is 0.207. The highest BCUT2D eigenvalue weighted by Crippen LogP contribution is 2.28. The molecule has 0 aliphatic carbocycles. The molecule has 0 aliphatic heterocycles. The SMILES string of the molecule is COc1cc(CCCO)c(C)c(OC)c1. The Balaban J connectivity index is 3.01. The molecule has 84 valence electrons. The second-order valence-corrected chi connectivity index (χ2v) is 3.44. The Bertz CT molecular complexity index is 321. The van der Waals surface area contributed by atoms with Gasteiger partial charge in [-0.2, -0.15) is 0 Å². The van der Waals surface area contributed by atoms with Crippen LogP contribution in [0.2, 0.25) is 0 Å². The van der Waals surface area contributed by atoms with E-state index >= 15 is 0 Å². The molecule has 0 saturated carbocycles. The molecular weight excluding hydrogens is 192 g/mol. The zero-order chi connectivity index (χ0) is 11.3. The minimum atomic E-state index is 0.207. The molecule has 0 fully saturated rings. The van der Waals surface area contributed by atoms with Gasteiger partial charge in [0.1, 0.15) is 11.5 Å². The quantitative estimate of drug-likeness (QED) is 0.807. The lowest BCUT2D eigenvalue weighted by molar-refractivity contribution is 0.288. The summed E-state index contributed by atoms with van der Waals surface area (Å²) in [7, 11) is 3.29. The van der Waals surface area contributed by atoms with Crippen LogP contribution >= 0.6 is 0 Å². The fourth-order valence-electron chi connectivity index (χ4n) is 1.58. The molecule has 1 aromatic rings. The van der Waals surface area contributed by atoms with Gasteiger partial charge in [0.2, 0.25) is 0 Å². The Morgan fingerprint density at radius 3 is 2.47 bits per heavy atom. The normalized spacial score (nSPS) is 10.1. The predicted molar refractivity (Wildman–Crippen MR) is 59.7 cm³/mol. The number of aliphatic hydroxyl groups is 1. The van der Waals surface area contributed by atoms with Gasteiger partial charge in [0.25, 0.3) is 0 Å². The predicted octanol–water partition coefficient (Wildman–Crippen LogP) is 1.94. The van der Waals surface area contributed by atoms with E-state index in [0.717, 1.165) is 29.9 Å². The number of hydrogen-bond acceptors (Lipinski definition) is 3. The molecule has 0 aromatic heterocycles. The van der Waals surface area contributed by atoms with Crippen LogP contribution in [0.15, 0.2) is 12.1 Å². The first-order chi connectivity index (χ1) is 7.22. The molecule has 0 saturated heterocycles. The van der Waals surface area contributed by atoms with Crippen molar-refractivity contribution in [2.75, 3.05) is 20.8 Å². The molecule has 1 rings (SSSR count). The fraction of sp³-hybridized carbons (Fsp3) is 0.500. The molecule has 0 amide bonds. The minimum Gasteiger partial charge on any atom is -0.497 e. The monoisotopic (exact) mass is 210 g/mol.